The molecule has 3 heteroatoms. The molecule has 0 unspecified atom stereocenters. The molecule has 134 valence electrons. The second kappa shape index (κ2) is 7.71. The van der Waals surface area contributed by atoms with Crippen LogP contribution < -0.4 is 5.32 Å². The Kier molecular flexibility index (Phi) is 5.38. The van der Waals surface area contributed by atoms with Gasteiger partial charge in [-0.05, 0) is 67.4 Å². The number of fused-ring (bicyclic) bond motifs is 1. The summed E-state index contributed by atoms with van der Waals surface area (Å²) in [7, 11) is 1.99. The highest BCUT2D eigenvalue weighted by Gasteiger charge is 2.19. The lowest BCUT2D eigenvalue weighted by Gasteiger charge is -2.24. The van der Waals surface area contributed by atoms with E-state index in [1.807, 2.05) is 46.0 Å². The topological polar surface area (TPSA) is 32.3 Å². The Hall–Kier alpha value is -2.65. The molecule has 0 aliphatic carbocycles. The van der Waals surface area contributed by atoms with Crippen molar-refractivity contribution in [3.8, 4) is 0 Å². The van der Waals surface area contributed by atoms with E-state index in [0.717, 1.165) is 23.4 Å². The third-order valence-corrected chi connectivity index (χ3v) is 4.94. The molecule has 3 nitrogen and oxygen atoms in total. The molecular weight excluding hydrogens is 320 g/mol. The van der Waals surface area contributed by atoms with Crippen LogP contribution in [0.25, 0.3) is 10.8 Å². The van der Waals surface area contributed by atoms with Crippen molar-refractivity contribution in [1.82, 2.24) is 4.90 Å². The quantitative estimate of drug-likeness (QED) is 0.711. The number of anilines is 1. The maximum absolute atomic E-state index is 12.7. The van der Waals surface area contributed by atoms with E-state index in [1.54, 1.807) is 0 Å². The number of amides is 1. The van der Waals surface area contributed by atoms with Crippen molar-refractivity contribution in [1.29, 1.82) is 0 Å². The van der Waals surface area contributed by atoms with Gasteiger partial charge in [-0.1, -0.05) is 48.5 Å². The molecule has 0 radical (unpaired) electrons. The zero-order valence-electron chi connectivity index (χ0n) is 15.9. The van der Waals surface area contributed by atoms with Crippen LogP contribution in [0.5, 0.6) is 0 Å². The maximum atomic E-state index is 12.7. The molecule has 0 saturated carbocycles. The summed E-state index contributed by atoms with van der Waals surface area (Å²) in [6, 6.07) is 20.7. The third-order valence-electron chi connectivity index (χ3n) is 4.94. The van der Waals surface area contributed by atoms with E-state index in [-0.39, 0.29) is 11.9 Å². The van der Waals surface area contributed by atoms with Gasteiger partial charge < -0.3 is 5.32 Å². The summed E-state index contributed by atoms with van der Waals surface area (Å²) in [6.07, 6.45) is 0. The van der Waals surface area contributed by atoms with E-state index in [2.05, 4.69) is 52.7 Å². The Morgan fingerprint density at radius 2 is 1.73 bits per heavy atom. The standard InChI is InChI=1S/C23H26N2O/c1-16-9-10-17(2)22(13-16)24-23(26)18(3)25(4)15-19-11-12-20-7-5-6-8-21(20)14-19/h5-14,18H,15H2,1-4H3,(H,24,26)/t18-/m1/s1. The average Bonchev–Trinajstić information content (AvgIpc) is 2.64. The van der Waals surface area contributed by atoms with Gasteiger partial charge in [-0.3, -0.25) is 9.69 Å². The monoisotopic (exact) mass is 346 g/mol. The highest BCUT2D eigenvalue weighted by Crippen LogP contribution is 2.19. The van der Waals surface area contributed by atoms with Gasteiger partial charge in [0.2, 0.25) is 5.91 Å². The molecule has 0 bridgehead atoms. The highest BCUT2D eigenvalue weighted by atomic mass is 16.2. The maximum Gasteiger partial charge on any atom is 0.241 e. The number of hydrogen-bond donors (Lipinski definition) is 1. The van der Waals surface area contributed by atoms with Gasteiger partial charge in [0.1, 0.15) is 0 Å². The summed E-state index contributed by atoms with van der Waals surface area (Å²) >= 11 is 0. The van der Waals surface area contributed by atoms with Crippen molar-refractivity contribution < 1.29 is 4.79 Å². The van der Waals surface area contributed by atoms with E-state index in [1.165, 1.54) is 16.3 Å². The Balaban J connectivity index is 1.68. The Bertz CT molecular complexity index is 932. The number of likely N-dealkylation sites (N-methyl/N-ethyl adjacent to an activating group) is 1. The first kappa shape index (κ1) is 18.2. The molecule has 1 N–H and O–H groups in total. The van der Waals surface area contributed by atoms with E-state index < -0.39 is 0 Å². The summed E-state index contributed by atoms with van der Waals surface area (Å²) in [5.41, 5.74) is 4.31. The van der Waals surface area contributed by atoms with Gasteiger partial charge in [0, 0.05) is 12.2 Å². The second-order valence-corrected chi connectivity index (χ2v) is 7.08. The van der Waals surface area contributed by atoms with Gasteiger partial charge in [-0.2, -0.15) is 0 Å². The smallest absolute Gasteiger partial charge is 0.241 e. The first-order valence-corrected chi connectivity index (χ1v) is 9.00. The molecule has 0 spiro atoms. The van der Waals surface area contributed by atoms with Crippen LogP contribution in [0.1, 0.15) is 23.6 Å². The van der Waals surface area contributed by atoms with E-state index in [0.29, 0.717) is 0 Å². The molecule has 3 aromatic carbocycles. The van der Waals surface area contributed by atoms with E-state index in [4.69, 9.17) is 0 Å². The van der Waals surface area contributed by atoms with Gasteiger partial charge in [-0.25, -0.2) is 0 Å². The summed E-state index contributed by atoms with van der Waals surface area (Å²) < 4.78 is 0. The number of carbonyl (C=O) groups is 1. The number of nitrogens with one attached hydrogen (secondary N) is 1. The Labute approximate surface area is 155 Å². The molecular formula is C23H26N2O. The summed E-state index contributed by atoms with van der Waals surface area (Å²) in [4.78, 5) is 14.7. The normalized spacial score (nSPS) is 12.3. The van der Waals surface area contributed by atoms with Crippen molar-refractivity contribution in [3.63, 3.8) is 0 Å². The summed E-state index contributed by atoms with van der Waals surface area (Å²) in [5, 5.41) is 5.53. The van der Waals surface area contributed by atoms with Crippen LogP contribution in [0.15, 0.2) is 60.7 Å². The van der Waals surface area contributed by atoms with Gasteiger partial charge in [-0.15, -0.1) is 0 Å². The van der Waals surface area contributed by atoms with Crippen LogP contribution in [0, 0.1) is 13.8 Å². The van der Waals surface area contributed by atoms with Crippen molar-refractivity contribution in [3.05, 3.63) is 77.4 Å². The lowest BCUT2D eigenvalue weighted by atomic mass is 10.1. The number of nitrogens with zero attached hydrogens (tertiary/aromatic N) is 1. The minimum atomic E-state index is -0.221. The third kappa shape index (κ3) is 4.12. The zero-order chi connectivity index (χ0) is 18.7. The van der Waals surface area contributed by atoms with Crippen molar-refractivity contribution in [2.45, 2.75) is 33.4 Å². The molecule has 0 heterocycles. The fraction of sp³-hybridized carbons (Fsp3) is 0.261. The first-order valence-electron chi connectivity index (χ1n) is 9.00. The Morgan fingerprint density at radius 3 is 2.50 bits per heavy atom. The first-order chi connectivity index (χ1) is 12.4. The molecule has 1 amide bonds. The predicted molar refractivity (Wildman–Crippen MR) is 109 cm³/mol. The largest absolute Gasteiger partial charge is 0.324 e. The number of carbonyl (C=O) groups excluding carboxylic acids is 1. The van der Waals surface area contributed by atoms with Crippen LogP contribution in [-0.4, -0.2) is 23.9 Å². The highest BCUT2D eigenvalue weighted by molar-refractivity contribution is 5.95. The minimum Gasteiger partial charge on any atom is -0.324 e. The summed E-state index contributed by atoms with van der Waals surface area (Å²) in [5.74, 6) is 0.0157. The molecule has 26 heavy (non-hydrogen) atoms. The molecule has 0 aromatic heterocycles. The summed E-state index contributed by atoms with van der Waals surface area (Å²) in [6.45, 7) is 6.72. The molecule has 3 rings (SSSR count). The van der Waals surface area contributed by atoms with Crippen LogP contribution in [-0.2, 0) is 11.3 Å². The number of hydrogen-bond acceptors (Lipinski definition) is 2. The van der Waals surface area contributed by atoms with Crippen LogP contribution in [0.3, 0.4) is 0 Å². The van der Waals surface area contributed by atoms with Gasteiger partial charge in [0.15, 0.2) is 0 Å². The van der Waals surface area contributed by atoms with Gasteiger partial charge in [0.25, 0.3) is 0 Å². The van der Waals surface area contributed by atoms with E-state index in [9.17, 15) is 4.79 Å². The van der Waals surface area contributed by atoms with Crippen molar-refractivity contribution in [2.24, 2.45) is 0 Å². The fourth-order valence-electron chi connectivity index (χ4n) is 3.07. The fourth-order valence-corrected chi connectivity index (χ4v) is 3.07. The Morgan fingerprint density at radius 1 is 1.00 bits per heavy atom. The molecule has 1 atom stereocenters. The number of rotatable bonds is 5. The zero-order valence-corrected chi connectivity index (χ0v) is 15.9. The van der Waals surface area contributed by atoms with Crippen LogP contribution in [0.2, 0.25) is 0 Å². The van der Waals surface area contributed by atoms with Crippen molar-refractivity contribution >= 4 is 22.4 Å². The van der Waals surface area contributed by atoms with Gasteiger partial charge >= 0.3 is 0 Å². The predicted octanol–water partition coefficient (Wildman–Crippen LogP) is 4.92. The minimum absolute atomic E-state index is 0.0157. The molecule has 0 saturated heterocycles. The van der Waals surface area contributed by atoms with Crippen molar-refractivity contribution in [2.75, 3.05) is 12.4 Å². The molecule has 3 aromatic rings. The van der Waals surface area contributed by atoms with Crippen LogP contribution in [0.4, 0.5) is 5.69 Å². The average molecular weight is 346 g/mol. The number of aryl methyl sites for hydroxylation is 2. The SMILES string of the molecule is Cc1ccc(C)c(NC(=O)[C@@H](C)N(C)Cc2ccc3ccccc3c2)c1. The van der Waals surface area contributed by atoms with Gasteiger partial charge in [0.05, 0.1) is 6.04 Å². The molecule has 0 aliphatic rings. The van der Waals surface area contributed by atoms with Crippen LogP contribution >= 0.6 is 0 Å². The molecule has 0 aliphatic heterocycles. The molecule has 0 fully saturated rings. The lowest BCUT2D eigenvalue weighted by Crippen LogP contribution is -2.39. The number of benzene rings is 3. The lowest BCUT2D eigenvalue weighted by molar-refractivity contribution is -0.120. The van der Waals surface area contributed by atoms with E-state index >= 15 is 0 Å². The second-order valence-electron chi connectivity index (χ2n) is 7.08.